The summed E-state index contributed by atoms with van der Waals surface area (Å²) >= 11 is 0. The Balaban J connectivity index is 2.40. The van der Waals surface area contributed by atoms with E-state index in [2.05, 4.69) is 5.32 Å². The highest BCUT2D eigenvalue weighted by molar-refractivity contribution is 5.92. The number of hydrogen-bond donors (Lipinski definition) is 3. The minimum absolute atomic E-state index is 0.266. The largest absolute Gasteiger partial charge is 0.484 e. The van der Waals surface area contributed by atoms with Crippen molar-refractivity contribution in [2.75, 3.05) is 13.2 Å². The lowest BCUT2D eigenvalue weighted by Crippen LogP contribution is -2.48. The number of ether oxygens (including phenoxy) is 1. The topological polar surface area (TPSA) is 111 Å². The second-order valence-corrected chi connectivity index (χ2v) is 4.80. The van der Waals surface area contributed by atoms with Gasteiger partial charge in [-0.1, -0.05) is 0 Å². The average Bonchev–Trinajstić information content (AvgIpc) is 2.50. The highest BCUT2D eigenvalue weighted by Crippen LogP contribution is 2.12. The number of nitrogens with one attached hydrogen (secondary N) is 2. The Morgan fingerprint density at radius 1 is 1.21 bits per heavy atom. The van der Waals surface area contributed by atoms with E-state index in [9.17, 15) is 27.6 Å². The van der Waals surface area contributed by atoms with Crippen LogP contribution in [-0.4, -0.2) is 43.1 Å². The van der Waals surface area contributed by atoms with Gasteiger partial charge in [-0.15, -0.1) is 0 Å². The molecule has 1 aromatic rings. The summed E-state index contributed by atoms with van der Waals surface area (Å²) in [4.78, 5) is 33.9. The van der Waals surface area contributed by atoms with Crippen LogP contribution in [0.1, 0.15) is 17.3 Å². The van der Waals surface area contributed by atoms with Gasteiger partial charge >= 0.3 is 6.18 Å². The van der Waals surface area contributed by atoms with E-state index >= 15 is 0 Å². The second kappa shape index (κ2) is 8.18. The van der Waals surface area contributed by atoms with Gasteiger partial charge in [0.15, 0.2) is 6.61 Å². The summed E-state index contributed by atoms with van der Waals surface area (Å²) in [5.41, 5.74) is 5.33. The van der Waals surface area contributed by atoms with E-state index in [-0.39, 0.29) is 11.3 Å². The zero-order chi connectivity index (χ0) is 18.3. The van der Waals surface area contributed by atoms with Gasteiger partial charge in [0.05, 0.1) is 0 Å². The molecule has 0 aliphatic carbocycles. The highest BCUT2D eigenvalue weighted by atomic mass is 19.4. The smallest absolute Gasteiger partial charge is 0.405 e. The number of rotatable bonds is 7. The second-order valence-electron chi connectivity index (χ2n) is 4.80. The molecule has 0 saturated heterocycles. The molecule has 3 amide bonds. The minimum Gasteiger partial charge on any atom is -0.484 e. The van der Waals surface area contributed by atoms with Crippen LogP contribution < -0.4 is 21.1 Å². The summed E-state index contributed by atoms with van der Waals surface area (Å²) in [6.45, 7) is -0.688. The van der Waals surface area contributed by atoms with Crippen molar-refractivity contribution >= 4 is 17.7 Å². The first kappa shape index (κ1) is 19.3. The van der Waals surface area contributed by atoms with E-state index in [1.807, 2.05) is 0 Å². The Bertz CT molecular complexity index is 602. The lowest BCUT2D eigenvalue weighted by atomic mass is 10.2. The average molecular weight is 347 g/mol. The van der Waals surface area contributed by atoms with E-state index in [1.165, 1.54) is 31.2 Å². The maximum atomic E-state index is 12.0. The number of alkyl halides is 3. The molecule has 1 aromatic carbocycles. The molecule has 0 unspecified atom stereocenters. The molecule has 0 heterocycles. The summed E-state index contributed by atoms with van der Waals surface area (Å²) in [6.07, 6.45) is -4.53. The van der Waals surface area contributed by atoms with Crippen LogP contribution in [0.15, 0.2) is 24.3 Å². The van der Waals surface area contributed by atoms with Gasteiger partial charge in [-0.05, 0) is 31.2 Å². The molecule has 7 nitrogen and oxygen atoms in total. The fourth-order valence-electron chi connectivity index (χ4n) is 1.55. The minimum atomic E-state index is -4.53. The third-order valence-corrected chi connectivity index (χ3v) is 2.74. The van der Waals surface area contributed by atoms with Crippen LogP contribution in [0, 0.1) is 0 Å². The van der Waals surface area contributed by atoms with E-state index < -0.39 is 43.1 Å². The highest BCUT2D eigenvalue weighted by Gasteiger charge is 2.29. The number of nitrogens with two attached hydrogens (primary N) is 1. The van der Waals surface area contributed by atoms with Gasteiger partial charge in [0.1, 0.15) is 18.3 Å². The monoisotopic (exact) mass is 347 g/mol. The van der Waals surface area contributed by atoms with Crippen molar-refractivity contribution in [3.8, 4) is 5.75 Å². The van der Waals surface area contributed by atoms with E-state index in [4.69, 9.17) is 10.5 Å². The number of benzene rings is 1. The van der Waals surface area contributed by atoms with Gasteiger partial charge < -0.3 is 21.1 Å². The van der Waals surface area contributed by atoms with Crippen LogP contribution in [0.2, 0.25) is 0 Å². The molecule has 0 aliphatic rings. The molecule has 0 bridgehead atoms. The maximum Gasteiger partial charge on any atom is 0.405 e. The van der Waals surface area contributed by atoms with Gasteiger partial charge in [0.25, 0.3) is 5.91 Å². The SMILES string of the molecule is C[C@@H](NC(=O)COc1ccc(C(N)=O)cc1)C(=O)NCC(F)(F)F. The molecule has 0 aliphatic heterocycles. The molecule has 1 rings (SSSR count). The number of carbonyl (C=O) groups is 3. The first-order valence-electron chi connectivity index (χ1n) is 6.75. The third-order valence-electron chi connectivity index (χ3n) is 2.74. The molecule has 24 heavy (non-hydrogen) atoms. The molecule has 0 spiro atoms. The number of carbonyl (C=O) groups excluding carboxylic acids is 3. The molecule has 1 atom stereocenters. The first-order valence-corrected chi connectivity index (χ1v) is 6.75. The lowest BCUT2D eigenvalue weighted by Gasteiger charge is -2.15. The van der Waals surface area contributed by atoms with Crippen LogP contribution in [0.25, 0.3) is 0 Å². The van der Waals surface area contributed by atoms with Crippen molar-refractivity contribution in [3.05, 3.63) is 29.8 Å². The van der Waals surface area contributed by atoms with E-state index in [0.717, 1.165) is 0 Å². The molecule has 0 saturated carbocycles. The van der Waals surface area contributed by atoms with Crippen molar-refractivity contribution in [2.45, 2.75) is 19.1 Å². The molecule has 0 aromatic heterocycles. The number of amides is 3. The number of halogens is 3. The van der Waals surface area contributed by atoms with Crippen molar-refractivity contribution in [1.82, 2.24) is 10.6 Å². The fourth-order valence-corrected chi connectivity index (χ4v) is 1.55. The van der Waals surface area contributed by atoms with Crippen molar-refractivity contribution in [1.29, 1.82) is 0 Å². The first-order chi connectivity index (χ1) is 11.1. The van der Waals surface area contributed by atoms with Gasteiger partial charge in [-0.25, -0.2) is 0 Å². The molecule has 132 valence electrons. The fraction of sp³-hybridized carbons (Fsp3) is 0.357. The molecule has 4 N–H and O–H groups in total. The lowest BCUT2D eigenvalue weighted by molar-refractivity contribution is -0.140. The predicted octanol–water partition coefficient (Wildman–Crippen LogP) is 0.347. The Hall–Kier alpha value is -2.78. The summed E-state index contributed by atoms with van der Waals surface area (Å²) in [7, 11) is 0. The summed E-state index contributed by atoms with van der Waals surface area (Å²) in [6, 6.07) is 4.51. The zero-order valence-electron chi connectivity index (χ0n) is 12.6. The zero-order valence-corrected chi connectivity index (χ0v) is 12.6. The van der Waals surface area contributed by atoms with Crippen molar-refractivity contribution in [2.24, 2.45) is 5.73 Å². The Kier molecular flexibility index (Phi) is 6.57. The third kappa shape index (κ3) is 6.99. The molecule has 0 fully saturated rings. The van der Waals surface area contributed by atoms with Crippen molar-refractivity contribution in [3.63, 3.8) is 0 Å². The van der Waals surface area contributed by atoms with Gasteiger partial charge in [0, 0.05) is 5.56 Å². The molecular weight excluding hydrogens is 331 g/mol. The Labute approximate surface area is 135 Å². The predicted molar refractivity (Wildman–Crippen MR) is 77.1 cm³/mol. The van der Waals surface area contributed by atoms with Crippen LogP contribution in [0.5, 0.6) is 5.75 Å². The molecule has 0 radical (unpaired) electrons. The van der Waals surface area contributed by atoms with E-state index in [0.29, 0.717) is 0 Å². The summed E-state index contributed by atoms with van der Waals surface area (Å²) in [5, 5.41) is 3.85. The Morgan fingerprint density at radius 3 is 2.29 bits per heavy atom. The van der Waals surface area contributed by atoms with Gasteiger partial charge in [0.2, 0.25) is 11.8 Å². The molecule has 10 heteroatoms. The van der Waals surface area contributed by atoms with Crippen LogP contribution in [-0.2, 0) is 9.59 Å². The van der Waals surface area contributed by atoms with Crippen LogP contribution in [0.4, 0.5) is 13.2 Å². The normalized spacial score (nSPS) is 12.2. The summed E-state index contributed by atoms with van der Waals surface area (Å²) < 4.78 is 41.1. The van der Waals surface area contributed by atoms with Crippen molar-refractivity contribution < 1.29 is 32.3 Å². The number of hydrogen-bond acceptors (Lipinski definition) is 4. The maximum absolute atomic E-state index is 12.0. The molecular formula is C14H16F3N3O4. The summed E-state index contributed by atoms with van der Waals surface area (Å²) in [5.74, 6) is -1.99. The van der Waals surface area contributed by atoms with Crippen LogP contribution in [0.3, 0.4) is 0 Å². The standard InChI is InChI=1S/C14H16F3N3O4/c1-8(13(23)19-7-14(15,16)17)20-11(21)6-24-10-4-2-9(3-5-10)12(18)22/h2-5,8H,6-7H2,1H3,(H2,18,22)(H,19,23)(H,20,21)/t8-/m1/s1. The number of primary amides is 1. The van der Waals surface area contributed by atoms with Gasteiger partial charge in [-0.2, -0.15) is 13.2 Å². The quantitative estimate of drug-likeness (QED) is 0.661. The van der Waals surface area contributed by atoms with Gasteiger partial charge in [-0.3, -0.25) is 14.4 Å². The Morgan fingerprint density at radius 2 is 1.79 bits per heavy atom. The van der Waals surface area contributed by atoms with Crippen LogP contribution >= 0.6 is 0 Å². The van der Waals surface area contributed by atoms with E-state index in [1.54, 1.807) is 5.32 Å².